The molecule has 0 spiro atoms. The number of hydrogen-bond donors (Lipinski definition) is 0. The maximum Gasteiger partial charge on any atom is 0.201 e. The summed E-state index contributed by atoms with van der Waals surface area (Å²) >= 11 is 0. The summed E-state index contributed by atoms with van der Waals surface area (Å²) in [6.07, 6.45) is 7.79. The van der Waals surface area contributed by atoms with Crippen LogP contribution in [0.3, 0.4) is 0 Å². The van der Waals surface area contributed by atoms with E-state index in [4.69, 9.17) is 6.58 Å². The second kappa shape index (κ2) is 6.59. The van der Waals surface area contributed by atoms with Gasteiger partial charge in [0.05, 0.1) is 8.07 Å². The maximum absolute atomic E-state index is 5.51. The van der Waals surface area contributed by atoms with Crippen LogP contribution in [-0.2, 0) is 0 Å². The van der Waals surface area contributed by atoms with Gasteiger partial charge in [-0.05, 0) is 18.1 Å². The van der Waals surface area contributed by atoms with Crippen molar-refractivity contribution in [3.8, 4) is 0 Å². The lowest BCUT2D eigenvalue weighted by atomic mass is 10.7. The molecule has 1 heteroatoms. The van der Waals surface area contributed by atoms with Gasteiger partial charge in [-0.25, -0.2) is 0 Å². The van der Waals surface area contributed by atoms with Crippen LogP contribution in [0.15, 0.2) is 44.0 Å². The first kappa shape index (κ1) is 12.1. The monoisotopic (exact) mass is 191 g/mol. The molecule has 0 aliphatic heterocycles. The lowest BCUT2D eigenvalue weighted by molar-refractivity contribution is 1.29. The third-order valence-corrected chi connectivity index (χ3v) is 6.85. The Morgan fingerprint density at radius 1 is 0.846 bits per heavy atom. The molecule has 0 radical (unpaired) electrons. The molecule has 0 aromatic rings. The average molecular weight is 191 g/mol. The van der Waals surface area contributed by atoms with Gasteiger partial charge in [0.1, 0.15) is 6.08 Å². The van der Waals surface area contributed by atoms with Gasteiger partial charge in [-0.2, -0.15) is 0 Å². The second-order valence-corrected chi connectivity index (χ2v) is 8.05. The van der Waals surface area contributed by atoms with Gasteiger partial charge in [0.2, 0.25) is 6.58 Å². The highest BCUT2D eigenvalue weighted by Crippen LogP contribution is 2.27. The van der Waals surface area contributed by atoms with Crippen LogP contribution in [0.1, 0.15) is 0 Å². The zero-order valence-electron chi connectivity index (χ0n) is 8.34. The van der Waals surface area contributed by atoms with E-state index >= 15 is 0 Å². The highest BCUT2D eigenvalue weighted by molar-refractivity contribution is 6.81. The lowest BCUT2D eigenvalue weighted by Gasteiger charge is -2.25. The summed E-state index contributed by atoms with van der Waals surface area (Å²) in [4.78, 5) is 0. The van der Waals surface area contributed by atoms with Crippen molar-refractivity contribution in [1.29, 1.82) is 0 Å². The van der Waals surface area contributed by atoms with Gasteiger partial charge in [-0.3, -0.25) is 0 Å². The molecule has 0 aliphatic rings. The molecular weight excluding hydrogens is 172 g/mol. The highest BCUT2D eigenvalue weighted by Gasteiger charge is 2.28. The predicted octanol–water partition coefficient (Wildman–Crippen LogP) is 3.98. The zero-order chi connectivity index (χ0) is 10.2. The molecule has 0 N–H and O–H groups in total. The van der Waals surface area contributed by atoms with Crippen molar-refractivity contribution in [3.63, 3.8) is 0 Å². The molecule has 0 aliphatic carbocycles. The largest absolute Gasteiger partial charge is 0.201 e. The molecule has 0 saturated heterocycles. The number of rotatable bonds is 8. The molecule has 70 valence electrons. The third-order valence-electron chi connectivity index (χ3n) is 2.28. The van der Waals surface area contributed by atoms with Gasteiger partial charge in [0, 0.05) is 6.04 Å². The molecule has 0 atom stereocenters. The first-order valence-electron chi connectivity index (χ1n) is 4.61. The van der Waals surface area contributed by atoms with Crippen LogP contribution in [0.5, 0.6) is 0 Å². The Bertz CT molecular complexity index is 146. The van der Waals surface area contributed by atoms with E-state index in [1.807, 2.05) is 18.2 Å². The molecule has 0 saturated carbocycles. The van der Waals surface area contributed by atoms with E-state index in [2.05, 4.69) is 19.7 Å². The van der Waals surface area contributed by atoms with Crippen LogP contribution < -0.4 is 0 Å². The highest BCUT2D eigenvalue weighted by atomic mass is 28.3. The van der Waals surface area contributed by atoms with Crippen LogP contribution in [0.4, 0.5) is 0 Å². The van der Waals surface area contributed by atoms with Crippen LogP contribution in [-0.4, -0.2) is 8.07 Å². The first-order chi connectivity index (χ1) is 6.24. The Morgan fingerprint density at radius 3 is 1.46 bits per heavy atom. The van der Waals surface area contributed by atoms with Crippen molar-refractivity contribution < 1.29 is 0 Å². The molecular formula is C12H19Si+. The minimum absolute atomic E-state index is 1.02. The van der Waals surface area contributed by atoms with Crippen molar-refractivity contribution in [3.05, 3.63) is 50.6 Å². The second-order valence-electron chi connectivity index (χ2n) is 3.42. The normalized spacial score (nSPS) is 10.4. The van der Waals surface area contributed by atoms with E-state index in [-0.39, 0.29) is 0 Å². The van der Waals surface area contributed by atoms with E-state index in [0.717, 1.165) is 24.2 Å². The van der Waals surface area contributed by atoms with Crippen LogP contribution in [0.25, 0.3) is 0 Å². The van der Waals surface area contributed by atoms with E-state index in [0.29, 0.717) is 0 Å². The van der Waals surface area contributed by atoms with Crippen molar-refractivity contribution >= 4 is 8.07 Å². The average Bonchev–Trinajstić information content (AvgIpc) is 2.06. The third kappa shape index (κ3) is 4.02. The molecule has 0 aromatic carbocycles. The molecule has 0 nitrogen and oxygen atoms in total. The summed E-state index contributed by atoms with van der Waals surface area (Å²) in [6.45, 7) is 16.9. The van der Waals surface area contributed by atoms with Gasteiger partial charge in [0.15, 0.2) is 0 Å². The van der Waals surface area contributed by atoms with Crippen LogP contribution in [0, 0.1) is 6.58 Å². The van der Waals surface area contributed by atoms with Crippen molar-refractivity contribution in [2.24, 2.45) is 0 Å². The fraction of sp³-hybridized carbons (Fsp3) is 0.333. The fourth-order valence-electron chi connectivity index (χ4n) is 1.67. The Morgan fingerprint density at radius 2 is 1.23 bits per heavy atom. The Hall–Kier alpha value is -0.913. The number of hydrogen-bond acceptors (Lipinski definition) is 0. The molecule has 0 heterocycles. The summed E-state index contributed by atoms with van der Waals surface area (Å²) in [7, 11) is -1.33. The SMILES string of the molecule is [CH+]=CC[Si](CC=C)(CC=C)CC=C. The summed E-state index contributed by atoms with van der Waals surface area (Å²) in [5.41, 5.74) is 0. The van der Waals surface area contributed by atoms with Crippen molar-refractivity contribution in [2.45, 2.75) is 24.2 Å². The van der Waals surface area contributed by atoms with Crippen LogP contribution in [0.2, 0.25) is 24.2 Å². The molecule has 0 amide bonds. The summed E-state index contributed by atoms with van der Waals surface area (Å²) in [5.74, 6) is 0. The molecule has 0 aromatic heterocycles. The molecule has 0 bridgehead atoms. The minimum atomic E-state index is -1.33. The van der Waals surface area contributed by atoms with Crippen LogP contribution >= 0.6 is 0 Å². The minimum Gasteiger partial charge on any atom is -0.103 e. The number of allylic oxidation sites excluding steroid dienone is 4. The van der Waals surface area contributed by atoms with Gasteiger partial charge < -0.3 is 0 Å². The summed E-state index contributed by atoms with van der Waals surface area (Å²) < 4.78 is 0. The van der Waals surface area contributed by atoms with Gasteiger partial charge in [-0.15, -0.1) is 19.7 Å². The van der Waals surface area contributed by atoms with Gasteiger partial charge in [0.25, 0.3) is 0 Å². The van der Waals surface area contributed by atoms with E-state index < -0.39 is 8.07 Å². The first-order valence-corrected chi connectivity index (χ1v) is 7.43. The van der Waals surface area contributed by atoms with E-state index in [1.54, 1.807) is 6.08 Å². The topological polar surface area (TPSA) is 0 Å². The predicted molar refractivity (Wildman–Crippen MR) is 64.4 cm³/mol. The summed E-state index contributed by atoms with van der Waals surface area (Å²) in [5, 5.41) is 0. The standard InChI is InChI=1S/C12H19Si/c1-5-9-13(10-6-2,11-7-3)12-8-4/h1,5-8H,2-4,9-12H2/q+1. The Labute approximate surface area is 83.4 Å². The molecule has 0 unspecified atom stereocenters. The van der Waals surface area contributed by atoms with Gasteiger partial charge >= 0.3 is 0 Å². The Kier molecular flexibility index (Phi) is 6.12. The fourth-order valence-corrected chi connectivity index (χ4v) is 5.01. The molecule has 0 fully saturated rings. The van der Waals surface area contributed by atoms with Gasteiger partial charge in [-0.1, -0.05) is 18.2 Å². The van der Waals surface area contributed by atoms with E-state index in [1.165, 1.54) is 0 Å². The summed E-state index contributed by atoms with van der Waals surface area (Å²) in [6, 6.07) is 4.31. The lowest BCUT2D eigenvalue weighted by Crippen LogP contribution is -2.30. The molecule has 0 rings (SSSR count). The smallest absolute Gasteiger partial charge is 0.103 e. The maximum atomic E-state index is 5.51. The van der Waals surface area contributed by atoms with Crippen molar-refractivity contribution in [1.82, 2.24) is 0 Å². The molecule has 13 heavy (non-hydrogen) atoms. The zero-order valence-corrected chi connectivity index (χ0v) is 9.34. The quantitative estimate of drug-likeness (QED) is 0.309. The van der Waals surface area contributed by atoms with E-state index in [9.17, 15) is 0 Å². The van der Waals surface area contributed by atoms with Crippen molar-refractivity contribution in [2.75, 3.05) is 0 Å². The Balaban J connectivity index is 4.53.